The van der Waals surface area contributed by atoms with E-state index in [0.29, 0.717) is 0 Å². The van der Waals surface area contributed by atoms with Crippen LogP contribution in [0.3, 0.4) is 0 Å². The summed E-state index contributed by atoms with van der Waals surface area (Å²) in [5.41, 5.74) is 0. The second-order valence-electron chi connectivity index (χ2n) is 1.15. The molecule has 0 unspecified atom stereocenters. The van der Waals surface area contributed by atoms with E-state index in [1.54, 1.807) is 0 Å². The fraction of sp³-hybridized carbons (Fsp3) is 0. The third-order valence-electron chi connectivity index (χ3n) is 0.667. The van der Waals surface area contributed by atoms with E-state index < -0.39 is 0 Å². The van der Waals surface area contributed by atoms with E-state index in [-0.39, 0.29) is 28.2 Å². The fourth-order valence-corrected chi connectivity index (χ4v) is 0.385. The Kier molecular flexibility index (Phi) is 124. The molecule has 0 atom stereocenters. The molecule has 0 aliphatic carbocycles. The molecule has 1 aromatic carbocycles. The molecule has 0 N–H and O–H groups in total. The zero-order chi connectivity index (χ0) is 4.24. The van der Waals surface area contributed by atoms with Gasteiger partial charge in [0.2, 0.25) is 0 Å². The van der Waals surface area contributed by atoms with Gasteiger partial charge >= 0.3 is 0 Å². The maximum atomic E-state index is 2.00. The normalized spacial score (nSPS) is 4.00. The van der Waals surface area contributed by atoms with Crippen molar-refractivity contribution < 1.29 is 28.2 Å². The van der Waals surface area contributed by atoms with Crippen LogP contribution in [0.1, 0.15) is 0 Å². The summed E-state index contributed by atoms with van der Waals surface area (Å²) in [6, 6.07) is 12.0. The molecule has 0 saturated heterocycles. The molecule has 0 aliphatic rings. The Balaban J connectivity index is -0.0000000150. The van der Waals surface area contributed by atoms with Gasteiger partial charge in [-0.15, -0.1) is 0 Å². The molecule has 0 bridgehead atoms. The average molecular weight is 198 g/mol. The van der Waals surface area contributed by atoms with Crippen LogP contribution in [0.5, 0.6) is 0 Å². The van der Waals surface area contributed by atoms with E-state index in [9.17, 15) is 0 Å². The van der Waals surface area contributed by atoms with Crippen LogP contribution < -0.4 is 0 Å². The molecule has 78 valence electrons. The molecule has 0 aromatic heterocycles. The van der Waals surface area contributed by atoms with Gasteiger partial charge in [-0.05, 0) is 0 Å². The number of benzene rings is 1. The van der Waals surface area contributed by atoms with Crippen LogP contribution in [0, 0.1) is 0 Å². The SMILES string of the molecule is F.F.F.F.F.F.c1ccccc1. The summed E-state index contributed by atoms with van der Waals surface area (Å²) in [6.45, 7) is 0. The number of halogens is 6. The van der Waals surface area contributed by atoms with Crippen molar-refractivity contribution in [1.29, 1.82) is 0 Å². The Labute approximate surface area is 65.8 Å². The third kappa shape index (κ3) is 23.2. The molecule has 0 fully saturated rings. The zero-order valence-electron chi connectivity index (χ0n) is 5.91. The topological polar surface area (TPSA) is 0 Å². The molecule has 1 aromatic rings. The first-order valence-electron chi connectivity index (χ1n) is 2.00. The van der Waals surface area contributed by atoms with Crippen LogP contribution in [-0.4, -0.2) is 0 Å². The lowest BCUT2D eigenvalue weighted by Gasteiger charge is -1.69. The molecule has 0 saturated carbocycles. The van der Waals surface area contributed by atoms with Crippen LogP contribution in [0.2, 0.25) is 0 Å². The first-order chi connectivity index (χ1) is 3.00. The van der Waals surface area contributed by atoms with Crippen molar-refractivity contribution in [2.24, 2.45) is 0 Å². The molecule has 0 amide bonds. The summed E-state index contributed by atoms with van der Waals surface area (Å²) in [5, 5.41) is 0. The predicted octanol–water partition coefficient (Wildman–Crippen LogP) is 2.60. The van der Waals surface area contributed by atoms with Gasteiger partial charge in [0.05, 0.1) is 0 Å². The summed E-state index contributed by atoms with van der Waals surface area (Å²) in [4.78, 5) is 0. The van der Waals surface area contributed by atoms with Crippen molar-refractivity contribution in [2.45, 2.75) is 0 Å². The molecule has 6 heteroatoms. The molecule has 0 heterocycles. The van der Waals surface area contributed by atoms with Gasteiger partial charge < -0.3 is 0 Å². The Morgan fingerprint density at radius 1 is 0.250 bits per heavy atom. The van der Waals surface area contributed by atoms with Gasteiger partial charge in [-0.25, -0.2) is 0 Å². The highest BCUT2D eigenvalue weighted by atomic mass is 19.0. The van der Waals surface area contributed by atoms with Gasteiger partial charge in [0.15, 0.2) is 0 Å². The molecular weight excluding hydrogens is 186 g/mol. The van der Waals surface area contributed by atoms with Crippen molar-refractivity contribution in [3.63, 3.8) is 0 Å². The van der Waals surface area contributed by atoms with Gasteiger partial charge in [-0.1, -0.05) is 36.4 Å². The summed E-state index contributed by atoms with van der Waals surface area (Å²) in [5.74, 6) is 0. The zero-order valence-corrected chi connectivity index (χ0v) is 5.91. The highest BCUT2D eigenvalue weighted by Gasteiger charge is 1.57. The van der Waals surface area contributed by atoms with Gasteiger partial charge in [0.25, 0.3) is 0 Å². The fourth-order valence-electron chi connectivity index (χ4n) is 0.385. The van der Waals surface area contributed by atoms with Gasteiger partial charge in [-0.2, -0.15) is 0 Å². The van der Waals surface area contributed by atoms with E-state index >= 15 is 0 Å². The maximum absolute atomic E-state index is 2.00. The van der Waals surface area contributed by atoms with Crippen LogP contribution in [0.15, 0.2) is 36.4 Å². The Morgan fingerprint density at radius 3 is 0.417 bits per heavy atom. The van der Waals surface area contributed by atoms with E-state index in [0.717, 1.165) is 0 Å². The first-order valence-corrected chi connectivity index (χ1v) is 2.00. The highest BCUT2D eigenvalue weighted by Crippen LogP contribution is 1.79. The Morgan fingerprint density at radius 2 is 0.333 bits per heavy atom. The highest BCUT2D eigenvalue weighted by molar-refractivity contribution is 4.99. The van der Waals surface area contributed by atoms with Crippen LogP contribution in [0.4, 0.5) is 28.2 Å². The Hall–Kier alpha value is -1.20. The minimum absolute atomic E-state index is 0. The molecule has 0 aliphatic heterocycles. The summed E-state index contributed by atoms with van der Waals surface area (Å²) >= 11 is 0. The summed E-state index contributed by atoms with van der Waals surface area (Å²) in [6.07, 6.45) is 0. The lowest BCUT2D eigenvalue weighted by atomic mass is 10.4. The quantitative estimate of drug-likeness (QED) is 0.562. The van der Waals surface area contributed by atoms with E-state index in [1.807, 2.05) is 36.4 Å². The van der Waals surface area contributed by atoms with Gasteiger partial charge in [-0.3, -0.25) is 28.2 Å². The monoisotopic (exact) mass is 198 g/mol. The Bertz CT molecular complexity index is 84.0. The largest absolute Gasteiger partial charge is 0.269 e. The van der Waals surface area contributed by atoms with Gasteiger partial charge in [0, 0.05) is 0 Å². The number of hydrogen-bond acceptors (Lipinski definition) is 0. The number of rotatable bonds is 0. The second kappa shape index (κ2) is 32.9. The molecular formula is C6H12F6. The minimum atomic E-state index is 0. The molecule has 0 radical (unpaired) electrons. The van der Waals surface area contributed by atoms with E-state index in [1.165, 1.54) is 0 Å². The van der Waals surface area contributed by atoms with Crippen molar-refractivity contribution in [2.75, 3.05) is 0 Å². The van der Waals surface area contributed by atoms with Crippen molar-refractivity contribution >= 4 is 0 Å². The lowest BCUT2D eigenvalue weighted by molar-refractivity contribution is 1.11. The predicted molar refractivity (Wildman–Crippen MR) is 41.5 cm³/mol. The number of hydrogen-bond donors (Lipinski definition) is 0. The van der Waals surface area contributed by atoms with Crippen LogP contribution in [-0.2, 0) is 0 Å². The van der Waals surface area contributed by atoms with Crippen molar-refractivity contribution in [1.82, 2.24) is 0 Å². The minimum Gasteiger partial charge on any atom is -0.269 e. The second-order valence-corrected chi connectivity index (χ2v) is 1.15. The van der Waals surface area contributed by atoms with E-state index in [2.05, 4.69) is 0 Å². The first kappa shape index (κ1) is 45.0. The summed E-state index contributed by atoms with van der Waals surface area (Å²) in [7, 11) is 0. The molecule has 0 nitrogen and oxygen atoms in total. The molecule has 12 heavy (non-hydrogen) atoms. The standard InChI is InChI=1S/C6H6.6FH/c1-2-4-6-5-3-1;;;;;;/h1-6H;6*1H. The van der Waals surface area contributed by atoms with Crippen molar-refractivity contribution in [3.8, 4) is 0 Å². The smallest absolute Gasteiger partial charge is 0.0623 e. The van der Waals surface area contributed by atoms with Crippen molar-refractivity contribution in [3.05, 3.63) is 36.4 Å². The molecule has 1 rings (SSSR count). The van der Waals surface area contributed by atoms with Crippen LogP contribution in [0.25, 0.3) is 0 Å². The summed E-state index contributed by atoms with van der Waals surface area (Å²) < 4.78 is 0. The van der Waals surface area contributed by atoms with Gasteiger partial charge in [0.1, 0.15) is 0 Å². The maximum Gasteiger partial charge on any atom is -0.0623 e. The molecule has 0 spiro atoms. The average Bonchev–Trinajstić information content (AvgIpc) is 1.72. The third-order valence-corrected chi connectivity index (χ3v) is 0.667. The lowest BCUT2D eigenvalue weighted by Crippen LogP contribution is -1.47. The van der Waals surface area contributed by atoms with E-state index in [4.69, 9.17) is 0 Å². The van der Waals surface area contributed by atoms with Crippen LogP contribution >= 0.6 is 0 Å².